The number of nitrogens with one attached hydrogen (secondary N) is 3. The van der Waals surface area contributed by atoms with Crippen molar-refractivity contribution in [3.63, 3.8) is 0 Å². The van der Waals surface area contributed by atoms with Crippen LogP contribution in [0.5, 0.6) is 0 Å². The lowest BCUT2D eigenvalue weighted by molar-refractivity contribution is 0.251. The van der Waals surface area contributed by atoms with Crippen LogP contribution >= 0.6 is 11.6 Å². The predicted molar refractivity (Wildman–Crippen MR) is 108 cm³/mol. The molecule has 0 unspecified atom stereocenters. The predicted octanol–water partition coefficient (Wildman–Crippen LogP) is 2.94. The Hall–Kier alpha value is -2.09. The number of hydrogen-bond acceptors (Lipinski definition) is 4. The molecule has 0 aromatic heterocycles. The maximum Gasteiger partial charge on any atom is 0.319 e. The number of rotatable bonds is 6. The van der Waals surface area contributed by atoms with E-state index >= 15 is 0 Å². The molecule has 6 nitrogen and oxygen atoms in total. The van der Waals surface area contributed by atoms with Crippen LogP contribution in [0.3, 0.4) is 0 Å². The van der Waals surface area contributed by atoms with E-state index in [0.29, 0.717) is 30.2 Å². The minimum absolute atomic E-state index is 0.0199. The Bertz CT molecular complexity index is 883. The molecule has 1 atom stereocenters. The lowest BCUT2D eigenvalue weighted by atomic mass is 10.2. The summed E-state index contributed by atoms with van der Waals surface area (Å²) in [6, 6.07) is 14.5. The monoisotopic (exact) mass is 407 g/mol. The van der Waals surface area contributed by atoms with Gasteiger partial charge < -0.3 is 16.0 Å². The SMILES string of the molecule is O=C(NCc1ccc(Cl)cc1)Nc1ccc(CN[C@H]2CCS(=O)(=O)C2)cc1. The number of benzene rings is 2. The summed E-state index contributed by atoms with van der Waals surface area (Å²) in [6.45, 7) is 1.01. The summed E-state index contributed by atoms with van der Waals surface area (Å²) in [4.78, 5) is 12.0. The second kappa shape index (κ2) is 8.73. The number of halogens is 1. The van der Waals surface area contributed by atoms with Crippen molar-refractivity contribution in [1.29, 1.82) is 0 Å². The van der Waals surface area contributed by atoms with Crippen LogP contribution in [-0.2, 0) is 22.9 Å². The molecular formula is C19H22ClN3O3S. The first-order valence-electron chi connectivity index (χ1n) is 8.72. The van der Waals surface area contributed by atoms with E-state index < -0.39 is 9.84 Å². The van der Waals surface area contributed by atoms with E-state index in [-0.39, 0.29) is 23.6 Å². The van der Waals surface area contributed by atoms with Crippen molar-refractivity contribution in [2.75, 3.05) is 16.8 Å². The Morgan fingerprint density at radius 1 is 1.00 bits per heavy atom. The van der Waals surface area contributed by atoms with Gasteiger partial charge in [-0.2, -0.15) is 0 Å². The standard InChI is InChI=1S/C19H22ClN3O3S/c20-16-5-1-14(2-6-16)12-22-19(24)23-17-7-3-15(4-8-17)11-21-18-9-10-27(25,26)13-18/h1-8,18,21H,9-13H2,(H2,22,23,24)/t18-/m0/s1. The Balaban J connectivity index is 1.43. The summed E-state index contributed by atoms with van der Waals surface area (Å²) in [7, 11) is -2.87. The number of carbonyl (C=O) groups excluding carboxylic acids is 1. The molecule has 1 aliphatic rings. The van der Waals surface area contributed by atoms with E-state index in [1.807, 2.05) is 36.4 Å². The quantitative estimate of drug-likeness (QED) is 0.687. The van der Waals surface area contributed by atoms with Gasteiger partial charge in [0.15, 0.2) is 9.84 Å². The van der Waals surface area contributed by atoms with Gasteiger partial charge in [0.1, 0.15) is 0 Å². The van der Waals surface area contributed by atoms with Crippen molar-refractivity contribution in [1.82, 2.24) is 10.6 Å². The van der Waals surface area contributed by atoms with Crippen LogP contribution in [0.25, 0.3) is 0 Å². The molecule has 2 aromatic carbocycles. The van der Waals surface area contributed by atoms with Crippen LogP contribution in [0.4, 0.5) is 10.5 Å². The third kappa shape index (κ3) is 6.23. The largest absolute Gasteiger partial charge is 0.334 e. The molecule has 144 valence electrons. The fourth-order valence-corrected chi connectivity index (χ4v) is 4.72. The highest BCUT2D eigenvalue weighted by Gasteiger charge is 2.27. The topological polar surface area (TPSA) is 87.3 Å². The molecule has 27 heavy (non-hydrogen) atoms. The normalized spacial score (nSPS) is 18.2. The van der Waals surface area contributed by atoms with Gasteiger partial charge in [0.25, 0.3) is 0 Å². The van der Waals surface area contributed by atoms with Gasteiger partial charge in [0.2, 0.25) is 0 Å². The molecule has 0 spiro atoms. The first-order valence-corrected chi connectivity index (χ1v) is 10.9. The van der Waals surface area contributed by atoms with Crippen molar-refractivity contribution in [3.05, 3.63) is 64.7 Å². The van der Waals surface area contributed by atoms with Gasteiger partial charge in [-0.05, 0) is 41.8 Å². The molecular weight excluding hydrogens is 386 g/mol. The van der Waals surface area contributed by atoms with Gasteiger partial charge in [-0.15, -0.1) is 0 Å². The second-order valence-electron chi connectivity index (χ2n) is 6.61. The summed E-state index contributed by atoms with van der Waals surface area (Å²) in [5.41, 5.74) is 2.69. The van der Waals surface area contributed by atoms with E-state index in [1.54, 1.807) is 12.1 Å². The molecule has 3 N–H and O–H groups in total. The number of anilines is 1. The zero-order valence-corrected chi connectivity index (χ0v) is 16.3. The van der Waals surface area contributed by atoms with Gasteiger partial charge >= 0.3 is 6.03 Å². The first-order chi connectivity index (χ1) is 12.9. The molecule has 1 heterocycles. The van der Waals surface area contributed by atoms with Gasteiger partial charge in [-0.3, -0.25) is 0 Å². The third-order valence-corrected chi connectivity index (χ3v) is 6.43. The fourth-order valence-electron chi connectivity index (χ4n) is 2.88. The fraction of sp³-hybridized carbons (Fsp3) is 0.316. The Kier molecular flexibility index (Phi) is 6.36. The van der Waals surface area contributed by atoms with Gasteiger partial charge in [0.05, 0.1) is 11.5 Å². The zero-order chi connectivity index (χ0) is 19.3. The van der Waals surface area contributed by atoms with Gasteiger partial charge in [0, 0.05) is 29.8 Å². The summed E-state index contributed by atoms with van der Waals surface area (Å²) < 4.78 is 22.9. The summed E-state index contributed by atoms with van der Waals surface area (Å²) in [5, 5.41) is 9.50. The highest BCUT2D eigenvalue weighted by Crippen LogP contribution is 2.14. The Morgan fingerprint density at radius 2 is 1.63 bits per heavy atom. The minimum Gasteiger partial charge on any atom is -0.334 e. The molecule has 2 aromatic rings. The molecule has 1 fully saturated rings. The second-order valence-corrected chi connectivity index (χ2v) is 9.28. The first kappa shape index (κ1) is 19.7. The smallest absolute Gasteiger partial charge is 0.319 e. The van der Waals surface area contributed by atoms with Gasteiger partial charge in [-0.25, -0.2) is 13.2 Å². The van der Waals surface area contributed by atoms with Crippen LogP contribution in [-0.4, -0.2) is 32.0 Å². The van der Waals surface area contributed by atoms with Gasteiger partial charge in [-0.1, -0.05) is 35.9 Å². The molecule has 0 radical (unpaired) electrons. The third-order valence-electron chi connectivity index (χ3n) is 4.41. The zero-order valence-electron chi connectivity index (χ0n) is 14.7. The molecule has 0 saturated carbocycles. The molecule has 2 amide bonds. The van der Waals surface area contributed by atoms with Crippen molar-refractivity contribution >= 4 is 33.2 Å². The van der Waals surface area contributed by atoms with E-state index in [1.165, 1.54) is 0 Å². The summed E-state index contributed by atoms with van der Waals surface area (Å²) >= 11 is 5.84. The summed E-state index contributed by atoms with van der Waals surface area (Å²) in [6.07, 6.45) is 0.662. The van der Waals surface area contributed by atoms with Crippen LogP contribution in [0.15, 0.2) is 48.5 Å². The lowest BCUT2D eigenvalue weighted by Gasteiger charge is -2.11. The number of amides is 2. The van der Waals surface area contributed by atoms with Crippen molar-refractivity contribution in [2.24, 2.45) is 0 Å². The highest BCUT2D eigenvalue weighted by atomic mass is 35.5. The van der Waals surface area contributed by atoms with Crippen LogP contribution in [0.1, 0.15) is 17.5 Å². The molecule has 1 saturated heterocycles. The average Bonchev–Trinajstić information content (AvgIpc) is 2.99. The van der Waals surface area contributed by atoms with Crippen LogP contribution < -0.4 is 16.0 Å². The lowest BCUT2D eigenvalue weighted by Crippen LogP contribution is -2.29. The van der Waals surface area contributed by atoms with E-state index in [0.717, 1.165) is 11.1 Å². The Labute approximate surface area is 164 Å². The van der Waals surface area contributed by atoms with Crippen molar-refractivity contribution < 1.29 is 13.2 Å². The molecule has 0 aliphatic carbocycles. The molecule has 1 aliphatic heterocycles. The van der Waals surface area contributed by atoms with E-state index in [2.05, 4.69) is 16.0 Å². The van der Waals surface area contributed by atoms with E-state index in [9.17, 15) is 13.2 Å². The maximum absolute atomic E-state index is 12.0. The molecule has 0 bridgehead atoms. The van der Waals surface area contributed by atoms with Crippen molar-refractivity contribution in [3.8, 4) is 0 Å². The maximum atomic E-state index is 12.0. The van der Waals surface area contributed by atoms with Crippen LogP contribution in [0.2, 0.25) is 5.02 Å². The molecule has 8 heteroatoms. The number of hydrogen-bond donors (Lipinski definition) is 3. The van der Waals surface area contributed by atoms with Crippen molar-refractivity contribution in [2.45, 2.75) is 25.6 Å². The Morgan fingerprint density at radius 3 is 2.26 bits per heavy atom. The number of urea groups is 1. The van der Waals surface area contributed by atoms with E-state index in [4.69, 9.17) is 11.6 Å². The molecule has 3 rings (SSSR count). The van der Waals surface area contributed by atoms with Crippen LogP contribution in [0, 0.1) is 0 Å². The summed E-state index contributed by atoms with van der Waals surface area (Å²) in [5.74, 6) is 0.471. The average molecular weight is 408 g/mol. The number of sulfone groups is 1. The number of carbonyl (C=O) groups is 1. The highest BCUT2D eigenvalue weighted by molar-refractivity contribution is 7.91. The minimum atomic E-state index is -2.87.